The maximum atomic E-state index is 4.57. The van der Waals surface area contributed by atoms with Crippen molar-refractivity contribution in [3.05, 3.63) is 24.6 Å². The zero-order chi connectivity index (χ0) is 2.00. The molecule has 0 amide bonds. The molecule has 0 radical (unpaired) electrons. The molecule has 0 saturated carbocycles. The molecule has 7 heteroatoms. The third-order valence-corrected chi connectivity index (χ3v) is 0. The second-order valence-corrected chi connectivity index (χ2v) is 0. The van der Waals surface area contributed by atoms with E-state index < -0.39 is 0 Å². The first-order chi connectivity index (χ1) is 1.00. The zero-order valence-corrected chi connectivity index (χ0v) is 6.03. The molecule has 0 aliphatic heterocycles. The van der Waals surface area contributed by atoms with Gasteiger partial charge < -0.3 is 30.1 Å². The van der Waals surface area contributed by atoms with E-state index >= 15 is 0 Å². The average Bonchev–Trinajstić information content (AvgIpc) is 1.00. The molecule has 55 valence electrons. The third kappa shape index (κ3) is 293. The number of hydrogen-bond acceptors (Lipinski definition) is 0. The van der Waals surface area contributed by atoms with Crippen LogP contribution in [0.1, 0.15) is 0 Å². The van der Waals surface area contributed by atoms with Gasteiger partial charge >= 0.3 is 27.0 Å². The molecule has 0 heterocycles. The Hall–Kier alpha value is 0.713. The molecule has 0 aromatic rings. The van der Waals surface area contributed by atoms with Crippen LogP contribution in [0.4, 0.5) is 0 Å². The molecule has 5 nitrogen and oxygen atoms in total. The summed E-state index contributed by atoms with van der Waals surface area (Å²) >= 11 is 1.82. The Morgan fingerprint density at radius 3 is 0.714 bits per heavy atom. The van der Waals surface area contributed by atoms with Gasteiger partial charge in [-0.2, -0.15) is 0 Å². The van der Waals surface area contributed by atoms with Crippen LogP contribution in [0.2, 0.25) is 0 Å². The maximum absolute atomic E-state index is 4.57. The van der Waals surface area contributed by atoms with Crippen molar-refractivity contribution in [2.45, 2.75) is 0 Å². The predicted octanol–water partition coefficient (Wildman–Crippen LogP) is 2.73. The first-order valence-corrected chi connectivity index (χ1v) is 2.37. The number of hydrogen-bond donors (Lipinski definition) is 0. The monoisotopic (exact) mass is 219 g/mol. The van der Waals surface area contributed by atoms with E-state index in [1.807, 2.05) is 17.3 Å². The van der Waals surface area contributed by atoms with Crippen molar-refractivity contribution in [1.29, 1.82) is 0 Å². The summed E-state index contributed by atoms with van der Waals surface area (Å²) in [6.07, 6.45) is 0. The molecular formula is H10ClN4ORu-4. The molecule has 0 saturated heterocycles. The molecule has 0 rings (SSSR count). The van der Waals surface area contributed by atoms with Gasteiger partial charge in [-0.1, -0.05) is 0 Å². The zero-order valence-electron chi connectivity index (χ0n) is 3.54. The Kier molecular flexibility index (Phi) is 7280. The summed E-state index contributed by atoms with van der Waals surface area (Å²) < 4.78 is 0. The van der Waals surface area contributed by atoms with Gasteiger partial charge in [0, 0.05) is 0 Å². The predicted molar refractivity (Wildman–Crippen MR) is 30.6 cm³/mol. The van der Waals surface area contributed by atoms with E-state index in [0.717, 1.165) is 0 Å². The van der Waals surface area contributed by atoms with Crippen LogP contribution < -0.4 is 0 Å². The standard InChI is InChI=1S/ClH.4H2N.H2O.Ru/h1H;5*1H2;/q;4*-1;;+1/p-1. The van der Waals surface area contributed by atoms with Crippen molar-refractivity contribution >= 4 is 9.69 Å². The van der Waals surface area contributed by atoms with Crippen molar-refractivity contribution in [2.24, 2.45) is 0 Å². The fourth-order valence-corrected chi connectivity index (χ4v) is 0. The molecule has 0 aliphatic rings. The first-order valence-electron chi connectivity index (χ1n) is 0.134. The van der Waals surface area contributed by atoms with E-state index in [4.69, 9.17) is 0 Å². The molecule has 0 bridgehead atoms. The summed E-state index contributed by atoms with van der Waals surface area (Å²) in [5, 5.41) is 0. The first kappa shape index (κ1) is 118. The molecule has 10 N–H and O–H groups in total. The van der Waals surface area contributed by atoms with Gasteiger partial charge in [0.25, 0.3) is 0 Å². The fraction of sp³-hybridized carbons (Fsp3) is 0. The van der Waals surface area contributed by atoms with Crippen LogP contribution in [0.5, 0.6) is 0 Å². The van der Waals surface area contributed by atoms with Crippen LogP contribution in [0.3, 0.4) is 0 Å². The van der Waals surface area contributed by atoms with Crippen LogP contribution in [-0.2, 0) is 17.3 Å². The minimum absolute atomic E-state index is 0. The Morgan fingerprint density at radius 2 is 0.714 bits per heavy atom. The van der Waals surface area contributed by atoms with E-state index in [-0.39, 0.29) is 30.1 Å². The normalized spacial score (nSPS) is 0.857. The summed E-state index contributed by atoms with van der Waals surface area (Å²) in [6, 6.07) is 0. The molecule has 0 spiro atoms. The molecule has 0 fully saturated rings. The van der Waals surface area contributed by atoms with Crippen LogP contribution in [0.25, 0.3) is 24.6 Å². The largest absolute Gasteiger partial charge is 0.693 e. The van der Waals surface area contributed by atoms with E-state index in [0.29, 0.717) is 0 Å². The molecule has 0 aromatic carbocycles. The average molecular weight is 219 g/mol. The van der Waals surface area contributed by atoms with Gasteiger partial charge in [-0.05, 0) is 0 Å². The van der Waals surface area contributed by atoms with Crippen molar-refractivity contribution in [2.75, 3.05) is 0 Å². The number of nitrogens with two attached hydrogens (primary N) is 4. The summed E-state index contributed by atoms with van der Waals surface area (Å²) in [5.41, 5.74) is 0. The Labute approximate surface area is 57.5 Å². The van der Waals surface area contributed by atoms with E-state index in [1.165, 1.54) is 0 Å². The topological polar surface area (TPSA) is 166 Å². The summed E-state index contributed by atoms with van der Waals surface area (Å²) in [6.45, 7) is 0. The molecule has 7 heavy (non-hydrogen) atoms. The van der Waals surface area contributed by atoms with Crippen molar-refractivity contribution < 1.29 is 22.8 Å². The summed E-state index contributed by atoms with van der Waals surface area (Å²) in [5.74, 6) is 0. The minimum atomic E-state index is 0. The molecular weight excluding hydrogens is 209 g/mol. The van der Waals surface area contributed by atoms with Crippen LogP contribution in [-0.4, -0.2) is 5.48 Å². The third-order valence-electron chi connectivity index (χ3n) is 0. The van der Waals surface area contributed by atoms with Crippen molar-refractivity contribution in [3.63, 3.8) is 0 Å². The van der Waals surface area contributed by atoms with Crippen molar-refractivity contribution in [1.82, 2.24) is 0 Å². The van der Waals surface area contributed by atoms with Gasteiger partial charge in [-0.3, -0.25) is 0 Å². The minimum Gasteiger partial charge on any atom is -0.693 e. The van der Waals surface area contributed by atoms with Gasteiger partial charge in [0.1, 0.15) is 0 Å². The SMILES string of the molecule is O.[Cl][Ru].[NH2-].[NH2-].[NH2-].[NH2-]. The van der Waals surface area contributed by atoms with E-state index in [9.17, 15) is 0 Å². The second-order valence-electron chi connectivity index (χ2n) is 0. The molecule has 0 atom stereocenters. The molecule has 0 aromatic heterocycles. The van der Waals surface area contributed by atoms with Gasteiger partial charge in [0.15, 0.2) is 0 Å². The number of halogens is 1. The van der Waals surface area contributed by atoms with Gasteiger partial charge in [0.05, 0.1) is 0 Å². The van der Waals surface area contributed by atoms with Crippen LogP contribution >= 0.6 is 9.69 Å². The van der Waals surface area contributed by atoms with Gasteiger partial charge in [-0.25, -0.2) is 0 Å². The molecule has 0 aliphatic carbocycles. The van der Waals surface area contributed by atoms with E-state index in [2.05, 4.69) is 9.69 Å². The Balaban J connectivity index is -0.000000000500. The quantitative estimate of drug-likeness (QED) is 0.546. The molecule has 0 unspecified atom stereocenters. The fourth-order valence-electron chi connectivity index (χ4n) is 0. The Morgan fingerprint density at radius 1 is 0.714 bits per heavy atom. The van der Waals surface area contributed by atoms with Crippen LogP contribution in [0, 0.1) is 0 Å². The van der Waals surface area contributed by atoms with Crippen LogP contribution in [0.15, 0.2) is 0 Å². The maximum Gasteiger partial charge on any atom is -0.693 e. The van der Waals surface area contributed by atoms with Gasteiger partial charge in [-0.15, -0.1) is 0 Å². The Bertz CT molecular complexity index is 11.7. The number of rotatable bonds is 0. The summed E-state index contributed by atoms with van der Waals surface area (Å²) in [4.78, 5) is 0. The van der Waals surface area contributed by atoms with Gasteiger partial charge in [0.2, 0.25) is 0 Å². The van der Waals surface area contributed by atoms with Crippen molar-refractivity contribution in [3.8, 4) is 0 Å². The smallest absolute Gasteiger partial charge is 0.693 e. The second kappa shape index (κ2) is 431. The van der Waals surface area contributed by atoms with E-state index in [1.54, 1.807) is 0 Å². The summed E-state index contributed by atoms with van der Waals surface area (Å²) in [7, 11) is 4.57.